The summed E-state index contributed by atoms with van der Waals surface area (Å²) >= 11 is 0. The van der Waals surface area contributed by atoms with Crippen LogP contribution in [0.2, 0.25) is 0 Å². The molecule has 2 atom stereocenters. The van der Waals surface area contributed by atoms with Crippen LogP contribution in [0.15, 0.2) is 0 Å². The molecule has 0 radical (unpaired) electrons. The van der Waals surface area contributed by atoms with Gasteiger partial charge in [-0.2, -0.15) is 0 Å². The molecule has 2 amide bonds. The molecule has 1 aliphatic heterocycles. The number of hydrogen-bond acceptors (Lipinski definition) is 3. The van der Waals surface area contributed by atoms with Crippen molar-refractivity contribution in [1.82, 2.24) is 10.2 Å². The zero-order valence-corrected chi connectivity index (χ0v) is 13.9. The number of piperidine rings is 1. The summed E-state index contributed by atoms with van der Waals surface area (Å²) in [4.78, 5) is 25.9. The lowest BCUT2D eigenvalue weighted by atomic mass is 9.78. The molecule has 3 N–H and O–H groups in total. The normalized spacial score (nSPS) is 24.0. The Labute approximate surface area is 128 Å². The van der Waals surface area contributed by atoms with Gasteiger partial charge in [0.05, 0.1) is 12.6 Å². The summed E-state index contributed by atoms with van der Waals surface area (Å²) < 4.78 is 0. The van der Waals surface area contributed by atoms with Crippen LogP contribution in [-0.4, -0.2) is 42.4 Å². The average molecular weight is 297 g/mol. The zero-order valence-electron chi connectivity index (χ0n) is 13.9. The number of rotatable bonds is 6. The Balaban J connectivity index is 2.47. The lowest BCUT2D eigenvalue weighted by Crippen LogP contribution is -2.51. The fourth-order valence-electron chi connectivity index (χ4n) is 3.03. The first kappa shape index (κ1) is 18.0. The van der Waals surface area contributed by atoms with E-state index >= 15 is 0 Å². The highest BCUT2D eigenvalue weighted by atomic mass is 16.2. The van der Waals surface area contributed by atoms with Crippen molar-refractivity contribution in [3.63, 3.8) is 0 Å². The van der Waals surface area contributed by atoms with E-state index in [1.165, 1.54) is 6.42 Å². The summed E-state index contributed by atoms with van der Waals surface area (Å²) in [6.07, 6.45) is 4.50. The minimum atomic E-state index is -0.551. The Hall–Kier alpha value is -1.10. The van der Waals surface area contributed by atoms with Gasteiger partial charge in [0.1, 0.15) is 0 Å². The van der Waals surface area contributed by atoms with Gasteiger partial charge in [0, 0.05) is 13.1 Å². The van der Waals surface area contributed by atoms with Crippen molar-refractivity contribution >= 4 is 11.8 Å². The number of nitrogens with zero attached hydrogens (tertiary/aromatic N) is 1. The lowest BCUT2D eigenvalue weighted by Gasteiger charge is -2.40. The Morgan fingerprint density at radius 1 is 1.38 bits per heavy atom. The summed E-state index contributed by atoms with van der Waals surface area (Å²) in [6, 6.07) is -0.551. The molecule has 21 heavy (non-hydrogen) atoms. The largest absolute Gasteiger partial charge is 0.346 e. The molecule has 1 fully saturated rings. The van der Waals surface area contributed by atoms with Crippen molar-refractivity contribution in [2.75, 3.05) is 19.6 Å². The van der Waals surface area contributed by atoms with E-state index in [0.29, 0.717) is 0 Å². The molecule has 0 saturated carbocycles. The van der Waals surface area contributed by atoms with Gasteiger partial charge in [0.25, 0.3) is 0 Å². The molecule has 0 aromatic rings. The van der Waals surface area contributed by atoms with Gasteiger partial charge in [-0.05, 0) is 30.6 Å². The van der Waals surface area contributed by atoms with E-state index in [1.807, 2.05) is 18.7 Å². The maximum absolute atomic E-state index is 12.3. The topological polar surface area (TPSA) is 75.4 Å². The molecule has 5 nitrogen and oxygen atoms in total. The van der Waals surface area contributed by atoms with Gasteiger partial charge in [0.2, 0.25) is 11.8 Å². The van der Waals surface area contributed by atoms with E-state index in [2.05, 4.69) is 19.2 Å². The van der Waals surface area contributed by atoms with E-state index in [0.717, 1.165) is 32.4 Å². The molecular formula is C16H31N3O2. The Morgan fingerprint density at radius 3 is 2.62 bits per heavy atom. The Kier molecular flexibility index (Phi) is 6.65. The van der Waals surface area contributed by atoms with Gasteiger partial charge in [-0.3, -0.25) is 9.59 Å². The number of likely N-dealkylation sites (tertiary alicyclic amines) is 1. The second-order valence-corrected chi connectivity index (χ2v) is 6.97. The number of hydrogen-bond donors (Lipinski definition) is 2. The minimum Gasteiger partial charge on any atom is -0.346 e. The maximum Gasteiger partial charge on any atom is 0.241 e. The van der Waals surface area contributed by atoms with Crippen LogP contribution in [0.4, 0.5) is 0 Å². The number of carbonyl (C=O) groups excluding carboxylic acids is 2. The van der Waals surface area contributed by atoms with Crippen LogP contribution in [-0.2, 0) is 9.59 Å². The summed E-state index contributed by atoms with van der Waals surface area (Å²) in [5.41, 5.74) is 5.99. The molecule has 1 aliphatic rings. The van der Waals surface area contributed by atoms with E-state index in [-0.39, 0.29) is 29.7 Å². The summed E-state index contributed by atoms with van der Waals surface area (Å²) in [5.74, 6) is -0.170. The van der Waals surface area contributed by atoms with Crippen LogP contribution in [0.1, 0.15) is 53.4 Å². The Morgan fingerprint density at radius 2 is 2.05 bits per heavy atom. The predicted molar refractivity (Wildman–Crippen MR) is 84.7 cm³/mol. The summed E-state index contributed by atoms with van der Waals surface area (Å²) in [5, 5.41) is 2.67. The first-order chi connectivity index (χ1) is 9.79. The van der Waals surface area contributed by atoms with Gasteiger partial charge >= 0.3 is 0 Å². The van der Waals surface area contributed by atoms with Crippen molar-refractivity contribution in [1.29, 1.82) is 0 Å². The number of carbonyl (C=O) groups is 2. The van der Waals surface area contributed by atoms with Crippen molar-refractivity contribution in [3.8, 4) is 0 Å². The van der Waals surface area contributed by atoms with E-state index in [9.17, 15) is 9.59 Å². The molecule has 1 saturated heterocycles. The number of amides is 2. The fraction of sp³-hybridized carbons (Fsp3) is 0.875. The Bertz CT molecular complexity index is 367. The maximum atomic E-state index is 12.3. The van der Waals surface area contributed by atoms with E-state index < -0.39 is 6.04 Å². The van der Waals surface area contributed by atoms with Crippen LogP contribution in [0.5, 0.6) is 0 Å². The molecule has 1 heterocycles. The summed E-state index contributed by atoms with van der Waals surface area (Å²) in [6.45, 7) is 9.87. The second-order valence-electron chi connectivity index (χ2n) is 6.97. The highest BCUT2D eigenvalue weighted by Crippen LogP contribution is 2.33. The van der Waals surface area contributed by atoms with Crippen LogP contribution in [0.3, 0.4) is 0 Å². The van der Waals surface area contributed by atoms with Crippen LogP contribution < -0.4 is 11.1 Å². The molecule has 0 aliphatic carbocycles. The monoisotopic (exact) mass is 297 g/mol. The molecule has 0 bridgehead atoms. The third kappa shape index (κ3) is 5.30. The van der Waals surface area contributed by atoms with Crippen molar-refractivity contribution in [2.24, 2.45) is 17.1 Å². The highest BCUT2D eigenvalue weighted by molar-refractivity contribution is 5.87. The molecule has 1 unspecified atom stereocenters. The SMILES string of the molecule is CCCC1(C)CCCN(C(=O)CNC(=O)[C@@H](N)C(C)C)C1. The van der Waals surface area contributed by atoms with Gasteiger partial charge in [-0.1, -0.05) is 34.1 Å². The predicted octanol–water partition coefficient (Wildman–Crippen LogP) is 1.51. The molecule has 0 aromatic carbocycles. The molecular weight excluding hydrogens is 266 g/mol. The van der Waals surface area contributed by atoms with Crippen LogP contribution in [0, 0.1) is 11.3 Å². The second kappa shape index (κ2) is 7.78. The third-order valence-electron chi connectivity index (χ3n) is 4.42. The van der Waals surface area contributed by atoms with Crippen molar-refractivity contribution in [2.45, 2.75) is 59.4 Å². The van der Waals surface area contributed by atoms with Gasteiger partial charge in [-0.15, -0.1) is 0 Å². The zero-order chi connectivity index (χ0) is 16.0. The molecule has 5 heteroatoms. The van der Waals surface area contributed by atoms with Crippen LogP contribution >= 0.6 is 0 Å². The van der Waals surface area contributed by atoms with Gasteiger partial charge < -0.3 is 16.0 Å². The lowest BCUT2D eigenvalue weighted by molar-refractivity contribution is -0.136. The highest BCUT2D eigenvalue weighted by Gasteiger charge is 2.32. The quantitative estimate of drug-likeness (QED) is 0.780. The van der Waals surface area contributed by atoms with Crippen LogP contribution in [0.25, 0.3) is 0 Å². The van der Waals surface area contributed by atoms with Crippen molar-refractivity contribution in [3.05, 3.63) is 0 Å². The average Bonchev–Trinajstić information content (AvgIpc) is 2.43. The molecule has 1 rings (SSSR count). The smallest absolute Gasteiger partial charge is 0.241 e. The number of nitrogens with one attached hydrogen (secondary N) is 1. The third-order valence-corrected chi connectivity index (χ3v) is 4.42. The van der Waals surface area contributed by atoms with Crippen molar-refractivity contribution < 1.29 is 9.59 Å². The first-order valence-corrected chi connectivity index (χ1v) is 8.10. The fourth-order valence-corrected chi connectivity index (χ4v) is 3.03. The first-order valence-electron chi connectivity index (χ1n) is 8.10. The number of nitrogens with two attached hydrogens (primary N) is 1. The molecule has 122 valence electrons. The minimum absolute atomic E-state index is 0.00124. The van der Waals surface area contributed by atoms with Gasteiger partial charge in [-0.25, -0.2) is 0 Å². The van der Waals surface area contributed by atoms with E-state index in [4.69, 9.17) is 5.73 Å². The molecule has 0 aromatic heterocycles. The molecule has 0 spiro atoms. The standard InChI is InChI=1S/C16H31N3O2/c1-5-7-16(4)8-6-9-19(11-16)13(20)10-18-15(21)14(17)12(2)3/h12,14H,5-11,17H2,1-4H3,(H,18,21)/t14-,16?/m0/s1. The van der Waals surface area contributed by atoms with E-state index in [1.54, 1.807) is 0 Å². The summed E-state index contributed by atoms with van der Waals surface area (Å²) in [7, 11) is 0. The van der Waals surface area contributed by atoms with Gasteiger partial charge in [0.15, 0.2) is 0 Å².